The molecule has 0 aliphatic rings. The van der Waals surface area contributed by atoms with Crippen LogP contribution in [0.4, 0.5) is 5.69 Å². The number of carbonyl (C=O) groups is 1. The summed E-state index contributed by atoms with van der Waals surface area (Å²) in [5, 5.41) is 3.82. The standard InChI is InChI=1S/C20H20N2O3/c1-13-18(10-15-7-8-17(25-3)11-19(15)21-13)20(23)22-16-6-4-5-14(9-16)12-24-2/h4-11H,12H2,1-3H3,(H,22,23). The fourth-order valence-electron chi connectivity index (χ4n) is 2.70. The number of carbonyl (C=O) groups excluding carboxylic acids is 1. The second-order valence-electron chi connectivity index (χ2n) is 5.77. The second kappa shape index (κ2) is 7.32. The number of pyridine rings is 1. The highest BCUT2D eigenvalue weighted by molar-refractivity contribution is 6.06. The summed E-state index contributed by atoms with van der Waals surface area (Å²) in [4.78, 5) is 17.2. The minimum atomic E-state index is -0.183. The normalized spacial score (nSPS) is 10.7. The number of hydrogen-bond donors (Lipinski definition) is 1. The van der Waals surface area contributed by atoms with Crippen LogP contribution in [0.25, 0.3) is 10.9 Å². The van der Waals surface area contributed by atoms with Crippen molar-refractivity contribution >= 4 is 22.5 Å². The van der Waals surface area contributed by atoms with E-state index in [2.05, 4.69) is 10.3 Å². The smallest absolute Gasteiger partial charge is 0.257 e. The van der Waals surface area contributed by atoms with Crippen LogP contribution < -0.4 is 10.1 Å². The molecule has 1 amide bonds. The number of methoxy groups -OCH3 is 2. The van der Waals surface area contributed by atoms with E-state index in [0.717, 1.165) is 27.9 Å². The highest BCUT2D eigenvalue weighted by atomic mass is 16.5. The van der Waals surface area contributed by atoms with Crippen molar-refractivity contribution in [2.24, 2.45) is 0 Å². The molecule has 5 nitrogen and oxygen atoms in total. The molecule has 0 atom stereocenters. The van der Waals surface area contributed by atoms with E-state index in [1.807, 2.05) is 55.5 Å². The van der Waals surface area contributed by atoms with Crippen molar-refractivity contribution in [2.45, 2.75) is 13.5 Å². The van der Waals surface area contributed by atoms with E-state index in [4.69, 9.17) is 9.47 Å². The van der Waals surface area contributed by atoms with Gasteiger partial charge in [-0.3, -0.25) is 9.78 Å². The number of hydrogen-bond acceptors (Lipinski definition) is 4. The van der Waals surface area contributed by atoms with E-state index in [-0.39, 0.29) is 5.91 Å². The number of ether oxygens (including phenoxy) is 2. The maximum Gasteiger partial charge on any atom is 0.257 e. The van der Waals surface area contributed by atoms with Gasteiger partial charge in [0.05, 0.1) is 30.5 Å². The van der Waals surface area contributed by atoms with Gasteiger partial charge < -0.3 is 14.8 Å². The lowest BCUT2D eigenvalue weighted by Crippen LogP contribution is -2.14. The zero-order valence-corrected chi connectivity index (χ0v) is 14.5. The van der Waals surface area contributed by atoms with Gasteiger partial charge in [-0.15, -0.1) is 0 Å². The van der Waals surface area contributed by atoms with Crippen LogP contribution in [0.1, 0.15) is 21.6 Å². The minimum Gasteiger partial charge on any atom is -0.497 e. The Labute approximate surface area is 146 Å². The molecule has 0 saturated carbocycles. The maximum atomic E-state index is 12.7. The molecule has 0 bridgehead atoms. The van der Waals surface area contributed by atoms with E-state index in [1.165, 1.54) is 0 Å². The van der Waals surface area contributed by atoms with Crippen LogP contribution in [-0.2, 0) is 11.3 Å². The first kappa shape index (κ1) is 16.9. The topological polar surface area (TPSA) is 60.5 Å². The molecule has 0 spiro atoms. The third-order valence-corrected chi connectivity index (χ3v) is 3.96. The molecule has 0 fully saturated rings. The first-order valence-electron chi connectivity index (χ1n) is 7.95. The number of fused-ring (bicyclic) bond motifs is 1. The Bertz CT molecular complexity index is 922. The molecule has 25 heavy (non-hydrogen) atoms. The van der Waals surface area contributed by atoms with Crippen LogP contribution in [0.2, 0.25) is 0 Å². The molecule has 128 valence electrons. The summed E-state index contributed by atoms with van der Waals surface area (Å²) in [6.07, 6.45) is 0. The van der Waals surface area contributed by atoms with Crippen molar-refractivity contribution in [3.63, 3.8) is 0 Å². The number of nitrogens with one attached hydrogen (secondary N) is 1. The Morgan fingerprint density at radius 3 is 2.72 bits per heavy atom. The predicted octanol–water partition coefficient (Wildman–Crippen LogP) is 3.95. The van der Waals surface area contributed by atoms with Gasteiger partial charge in [0.25, 0.3) is 5.91 Å². The monoisotopic (exact) mass is 336 g/mol. The van der Waals surface area contributed by atoms with Crippen molar-refractivity contribution < 1.29 is 14.3 Å². The molecule has 0 aliphatic carbocycles. The van der Waals surface area contributed by atoms with Crippen molar-refractivity contribution in [2.75, 3.05) is 19.5 Å². The van der Waals surface area contributed by atoms with Crippen LogP contribution in [0.5, 0.6) is 5.75 Å². The van der Waals surface area contributed by atoms with Gasteiger partial charge in [-0.1, -0.05) is 12.1 Å². The molecular formula is C20H20N2O3. The average Bonchev–Trinajstić information content (AvgIpc) is 2.61. The molecule has 1 heterocycles. The lowest BCUT2D eigenvalue weighted by atomic mass is 10.1. The molecule has 5 heteroatoms. The third-order valence-electron chi connectivity index (χ3n) is 3.96. The Morgan fingerprint density at radius 1 is 1.12 bits per heavy atom. The van der Waals surface area contributed by atoms with Gasteiger partial charge >= 0.3 is 0 Å². The van der Waals surface area contributed by atoms with Crippen LogP contribution in [-0.4, -0.2) is 25.1 Å². The zero-order valence-electron chi connectivity index (χ0n) is 14.5. The lowest BCUT2D eigenvalue weighted by molar-refractivity contribution is 0.102. The molecule has 0 unspecified atom stereocenters. The average molecular weight is 336 g/mol. The van der Waals surface area contributed by atoms with Crippen molar-refractivity contribution in [3.8, 4) is 5.75 Å². The summed E-state index contributed by atoms with van der Waals surface area (Å²) in [6.45, 7) is 2.33. The fourth-order valence-corrected chi connectivity index (χ4v) is 2.70. The summed E-state index contributed by atoms with van der Waals surface area (Å²) in [5.41, 5.74) is 3.76. The van der Waals surface area contributed by atoms with Gasteiger partial charge in [-0.25, -0.2) is 0 Å². The molecule has 3 rings (SSSR count). The van der Waals surface area contributed by atoms with E-state index in [1.54, 1.807) is 14.2 Å². The number of amides is 1. The molecule has 0 radical (unpaired) electrons. The first-order valence-corrected chi connectivity index (χ1v) is 7.95. The maximum absolute atomic E-state index is 12.7. The Kier molecular flexibility index (Phi) is 4.95. The zero-order chi connectivity index (χ0) is 17.8. The van der Waals surface area contributed by atoms with Gasteiger partial charge in [0.1, 0.15) is 5.75 Å². The summed E-state index contributed by atoms with van der Waals surface area (Å²) >= 11 is 0. The Balaban J connectivity index is 1.89. The van der Waals surface area contributed by atoms with Crippen molar-refractivity contribution in [1.82, 2.24) is 4.98 Å². The van der Waals surface area contributed by atoms with Crippen molar-refractivity contribution in [3.05, 3.63) is 65.4 Å². The molecule has 1 aromatic heterocycles. The third kappa shape index (κ3) is 3.78. The van der Waals surface area contributed by atoms with Crippen molar-refractivity contribution in [1.29, 1.82) is 0 Å². The molecular weight excluding hydrogens is 316 g/mol. The SMILES string of the molecule is COCc1cccc(NC(=O)c2cc3ccc(OC)cc3nc2C)c1. The molecule has 1 N–H and O–H groups in total. The highest BCUT2D eigenvalue weighted by Gasteiger charge is 2.12. The van der Waals surface area contributed by atoms with E-state index in [9.17, 15) is 4.79 Å². The van der Waals surface area contributed by atoms with E-state index in [0.29, 0.717) is 17.9 Å². The van der Waals surface area contributed by atoms with E-state index < -0.39 is 0 Å². The van der Waals surface area contributed by atoms with Gasteiger partial charge in [-0.2, -0.15) is 0 Å². The van der Waals surface area contributed by atoms with Crippen LogP contribution in [0.3, 0.4) is 0 Å². The Hall–Kier alpha value is -2.92. The molecule has 0 aliphatic heterocycles. The summed E-state index contributed by atoms with van der Waals surface area (Å²) < 4.78 is 10.3. The first-order chi connectivity index (χ1) is 12.1. The van der Waals surface area contributed by atoms with Gasteiger partial charge in [0, 0.05) is 24.2 Å². The number of aryl methyl sites for hydroxylation is 1. The number of benzene rings is 2. The van der Waals surface area contributed by atoms with E-state index >= 15 is 0 Å². The second-order valence-corrected chi connectivity index (χ2v) is 5.77. The van der Waals surface area contributed by atoms with Gasteiger partial charge in [0.2, 0.25) is 0 Å². The van der Waals surface area contributed by atoms with Crippen LogP contribution in [0.15, 0.2) is 48.5 Å². The summed E-state index contributed by atoms with van der Waals surface area (Å²) in [6, 6.07) is 15.1. The number of aromatic nitrogens is 1. The molecule has 2 aromatic carbocycles. The quantitative estimate of drug-likeness (QED) is 0.766. The van der Waals surface area contributed by atoms with Gasteiger partial charge in [0.15, 0.2) is 0 Å². The van der Waals surface area contributed by atoms with Crippen LogP contribution in [0, 0.1) is 6.92 Å². The fraction of sp³-hybridized carbons (Fsp3) is 0.200. The summed E-state index contributed by atoms with van der Waals surface area (Å²) in [5.74, 6) is 0.559. The van der Waals surface area contributed by atoms with Gasteiger partial charge in [-0.05, 0) is 42.8 Å². The number of anilines is 1. The molecule has 0 saturated heterocycles. The number of rotatable bonds is 5. The minimum absolute atomic E-state index is 0.183. The Morgan fingerprint density at radius 2 is 1.96 bits per heavy atom. The largest absolute Gasteiger partial charge is 0.497 e. The number of nitrogens with zero attached hydrogens (tertiary/aromatic N) is 1. The lowest BCUT2D eigenvalue weighted by Gasteiger charge is -2.10. The highest BCUT2D eigenvalue weighted by Crippen LogP contribution is 2.22. The molecule has 3 aromatic rings. The van der Waals surface area contributed by atoms with Crippen LogP contribution >= 0.6 is 0 Å². The predicted molar refractivity (Wildman–Crippen MR) is 98.1 cm³/mol. The summed E-state index contributed by atoms with van der Waals surface area (Å²) in [7, 11) is 3.26.